The average molecular weight is 597 g/mol. The first-order chi connectivity index (χ1) is 18.3. The fourth-order valence-corrected chi connectivity index (χ4v) is 7.61. The molecule has 0 bridgehead atoms. The summed E-state index contributed by atoms with van der Waals surface area (Å²) in [5.74, 6) is -2.09. The average Bonchev–Trinajstić information content (AvgIpc) is 3.31. The van der Waals surface area contributed by atoms with Gasteiger partial charge in [-0.05, 0) is 54.9 Å². The first kappa shape index (κ1) is 28.7. The Morgan fingerprint density at radius 2 is 1.82 bits per heavy atom. The molecule has 0 spiro atoms. The summed E-state index contributed by atoms with van der Waals surface area (Å²) in [6, 6.07) is 14.7. The quantitative estimate of drug-likeness (QED) is 0.231. The number of fused-ring (bicyclic) bond motifs is 1. The van der Waals surface area contributed by atoms with Crippen molar-refractivity contribution in [1.29, 1.82) is 5.26 Å². The van der Waals surface area contributed by atoms with Gasteiger partial charge in [-0.2, -0.15) is 23.2 Å². The molecule has 2 heterocycles. The van der Waals surface area contributed by atoms with Gasteiger partial charge in [0.2, 0.25) is 0 Å². The zero-order chi connectivity index (χ0) is 28.4. The third-order valence-corrected chi connectivity index (χ3v) is 9.73. The van der Waals surface area contributed by atoms with Gasteiger partial charge in [-0.15, -0.1) is 11.3 Å². The Morgan fingerprint density at radius 1 is 1.10 bits per heavy atom. The number of nitrogens with zero attached hydrogens (tertiary/aromatic N) is 2. The van der Waals surface area contributed by atoms with E-state index < -0.39 is 46.3 Å². The van der Waals surface area contributed by atoms with E-state index in [0.29, 0.717) is 35.1 Å². The molecule has 0 saturated carbocycles. The van der Waals surface area contributed by atoms with Crippen molar-refractivity contribution >= 4 is 39.0 Å². The van der Waals surface area contributed by atoms with Crippen LogP contribution in [-0.2, 0) is 27.3 Å². The van der Waals surface area contributed by atoms with E-state index in [1.54, 1.807) is 22.9 Å². The molecule has 0 radical (unpaired) electrons. The largest absolute Gasteiger partial charge is 0.809 e. The van der Waals surface area contributed by atoms with E-state index in [9.17, 15) is 35.9 Å². The van der Waals surface area contributed by atoms with Gasteiger partial charge in [0.15, 0.2) is 18.9 Å². The Hall–Kier alpha value is -3.31. The molecule has 1 unspecified atom stereocenters. The molecule has 1 atom stereocenters. The second kappa shape index (κ2) is 11.1. The number of benzene rings is 2. The van der Waals surface area contributed by atoms with Gasteiger partial charge in [0, 0.05) is 16.8 Å². The molecule has 204 valence electrons. The number of nitrogens with one attached hydrogen (secondary N) is 1. The SMILES string of the molecule is N#Cc1ccc(C(NS(=O)(=O)c2cc3ccc(OCC[n+]4ccccc4)cc3s2)P(=O)([O-])[O-])cc1C(F)(F)F. The summed E-state index contributed by atoms with van der Waals surface area (Å²) in [6.45, 7) is 0.886. The minimum Gasteiger partial charge on any atom is -0.809 e. The summed E-state index contributed by atoms with van der Waals surface area (Å²) in [4.78, 5) is 23.9. The summed E-state index contributed by atoms with van der Waals surface area (Å²) < 4.78 is 87.6. The monoisotopic (exact) mass is 596 g/mol. The third kappa shape index (κ3) is 6.83. The van der Waals surface area contributed by atoms with Crippen molar-refractivity contribution < 1.29 is 45.2 Å². The van der Waals surface area contributed by atoms with Crippen LogP contribution in [0.2, 0.25) is 0 Å². The third-order valence-electron chi connectivity index (χ3n) is 5.50. The molecule has 0 aliphatic rings. The maximum Gasteiger partial charge on any atom is 0.417 e. The summed E-state index contributed by atoms with van der Waals surface area (Å²) in [5.41, 5.74) is -3.09. The van der Waals surface area contributed by atoms with Crippen LogP contribution in [0.1, 0.15) is 22.5 Å². The fourth-order valence-electron chi connectivity index (χ4n) is 3.65. The van der Waals surface area contributed by atoms with Crippen LogP contribution in [0.15, 0.2) is 77.3 Å². The first-order valence-electron chi connectivity index (χ1n) is 11.0. The van der Waals surface area contributed by atoms with Crippen molar-refractivity contribution in [3.8, 4) is 11.8 Å². The number of halogens is 3. The van der Waals surface area contributed by atoms with E-state index in [-0.39, 0.29) is 10.3 Å². The zero-order valence-corrected chi connectivity index (χ0v) is 22.2. The number of hydrogen-bond acceptors (Lipinski definition) is 8. The molecular formula is C24H18F3N3O6PS2-. The Kier molecular flexibility index (Phi) is 8.13. The summed E-state index contributed by atoms with van der Waals surface area (Å²) in [6.07, 6.45) is -1.31. The lowest BCUT2D eigenvalue weighted by molar-refractivity contribution is -0.697. The minimum absolute atomic E-state index is 0.274. The van der Waals surface area contributed by atoms with Crippen LogP contribution < -0.4 is 23.8 Å². The van der Waals surface area contributed by atoms with Crippen LogP contribution in [0.5, 0.6) is 5.75 Å². The molecule has 15 heteroatoms. The number of pyridine rings is 1. The Morgan fingerprint density at radius 3 is 2.46 bits per heavy atom. The van der Waals surface area contributed by atoms with Crippen molar-refractivity contribution in [3.63, 3.8) is 0 Å². The van der Waals surface area contributed by atoms with Gasteiger partial charge in [-0.1, -0.05) is 12.1 Å². The fraction of sp³-hybridized carbons (Fsp3) is 0.167. The Bertz CT molecular complexity index is 1700. The maximum absolute atomic E-state index is 13.4. The molecule has 9 nitrogen and oxygen atoms in total. The second-order valence-corrected chi connectivity index (χ2v) is 12.8. The molecular weight excluding hydrogens is 578 g/mol. The maximum atomic E-state index is 13.4. The predicted octanol–water partition coefficient (Wildman–Crippen LogP) is 3.05. The van der Waals surface area contributed by atoms with Crippen LogP contribution >= 0.6 is 18.9 Å². The number of aromatic nitrogens is 1. The molecule has 2 aromatic heterocycles. The number of sulfonamides is 1. The van der Waals surface area contributed by atoms with Gasteiger partial charge < -0.3 is 19.1 Å². The van der Waals surface area contributed by atoms with Gasteiger partial charge >= 0.3 is 6.18 Å². The van der Waals surface area contributed by atoms with Gasteiger partial charge in [0.25, 0.3) is 10.0 Å². The van der Waals surface area contributed by atoms with Crippen molar-refractivity contribution in [1.82, 2.24) is 4.72 Å². The summed E-state index contributed by atoms with van der Waals surface area (Å²) in [7, 11) is -10.5. The van der Waals surface area contributed by atoms with Gasteiger partial charge in [0.05, 0.1) is 23.0 Å². The van der Waals surface area contributed by atoms with Crippen molar-refractivity contribution in [3.05, 3.63) is 89.7 Å². The second-order valence-electron chi connectivity index (χ2n) is 8.21. The predicted molar refractivity (Wildman–Crippen MR) is 131 cm³/mol. The summed E-state index contributed by atoms with van der Waals surface area (Å²) in [5, 5.41) is 9.43. The van der Waals surface area contributed by atoms with E-state index in [1.807, 2.05) is 35.2 Å². The number of thiophene rings is 1. The number of rotatable bonds is 9. The van der Waals surface area contributed by atoms with Gasteiger partial charge in [-0.3, -0.25) is 0 Å². The highest BCUT2D eigenvalue weighted by Gasteiger charge is 2.35. The lowest BCUT2D eigenvalue weighted by Crippen LogP contribution is -2.35. The normalized spacial score (nSPS) is 13.2. The highest BCUT2D eigenvalue weighted by Crippen LogP contribution is 2.45. The summed E-state index contributed by atoms with van der Waals surface area (Å²) >= 11 is 0.757. The van der Waals surface area contributed by atoms with Crippen LogP contribution in [-0.4, -0.2) is 15.0 Å². The number of alkyl halides is 3. The van der Waals surface area contributed by atoms with Crippen LogP contribution in [0.25, 0.3) is 10.1 Å². The number of ether oxygens (including phenoxy) is 1. The lowest BCUT2D eigenvalue weighted by Gasteiger charge is -2.38. The molecule has 0 aliphatic carbocycles. The highest BCUT2D eigenvalue weighted by molar-refractivity contribution is 7.92. The number of nitriles is 1. The zero-order valence-electron chi connectivity index (χ0n) is 19.7. The van der Waals surface area contributed by atoms with E-state index in [4.69, 9.17) is 10.00 Å². The van der Waals surface area contributed by atoms with Gasteiger partial charge in [0.1, 0.15) is 16.6 Å². The van der Waals surface area contributed by atoms with E-state index in [1.165, 1.54) is 12.1 Å². The first-order valence-corrected chi connectivity index (χ1v) is 14.9. The van der Waals surface area contributed by atoms with E-state index in [0.717, 1.165) is 17.4 Å². The Labute approximate surface area is 224 Å². The minimum atomic E-state index is -5.85. The lowest BCUT2D eigenvalue weighted by atomic mass is 10.0. The van der Waals surface area contributed by atoms with Crippen LogP contribution in [0.4, 0.5) is 13.2 Å². The van der Waals surface area contributed by atoms with Crippen LogP contribution in [0, 0.1) is 11.3 Å². The van der Waals surface area contributed by atoms with Crippen LogP contribution in [0.3, 0.4) is 0 Å². The molecule has 0 fully saturated rings. The van der Waals surface area contributed by atoms with Crippen molar-refractivity contribution in [2.45, 2.75) is 22.7 Å². The highest BCUT2D eigenvalue weighted by atomic mass is 32.2. The molecule has 0 amide bonds. The van der Waals surface area contributed by atoms with Crippen molar-refractivity contribution in [2.24, 2.45) is 0 Å². The molecule has 2 aromatic carbocycles. The molecule has 39 heavy (non-hydrogen) atoms. The smallest absolute Gasteiger partial charge is 0.417 e. The topological polar surface area (TPSA) is 146 Å². The van der Waals surface area contributed by atoms with E-state index in [2.05, 4.69) is 0 Å². The molecule has 0 saturated heterocycles. The van der Waals surface area contributed by atoms with E-state index >= 15 is 0 Å². The molecule has 4 aromatic rings. The molecule has 4 rings (SSSR count). The van der Waals surface area contributed by atoms with Gasteiger partial charge in [-0.25, -0.2) is 13.0 Å². The molecule has 1 N–H and O–H groups in total. The standard InChI is InChI=1S/C24H19F3N3O6PS2/c25-24(26,27)20-12-17(4-5-18(20)15-28)23(37(31,32)33)29-39(34,35)22-13-16-6-7-19(14-21(16)38-22)36-11-10-30-8-2-1-3-9-30/h1-9,12-14,23,29H,10-11H2,(H-,31,32,33)/p-1. The Balaban J connectivity index is 1.59. The molecule has 0 aliphatic heterocycles. The number of hydrogen-bond donors (Lipinski definition) is 1. The van der Waals surface area contributed by atoms with Crippen molar-refractivity contribution in [2.75, 3.05) is 6.61 Å².